The molecule has 18 heavy (non-hydrogen) atoms. The zero-order valence-electron chi connectivity index (χ0n) is 10.3. The van der Waals surface area contributed by atoms with E-state index in [2.05, 4.69) is 4.98 Å². The van der Waals surface area contributed by atoms with E-state index in [0.29, 0.717) is 0 Å². The lowest BCUT2D eigenvalue weighted by atomic mass is 10.3. The van der Waals surface area contributed by atoms with E-state index in [9.17, 15) is 19.7 Å². The van der Waals surface area contributed by atoms with E-state index < -0.39 is 16.6 Å². The highest BCUT2D eigenvalue weighted by molar-refractivity contribution is 5.69. The molecule has 1 heterocycles. The maximum atomic E-state index is 11.6. The summed E-state index contributed by atoms with van der Waals surface area (Å²) in [5.41, 5.74) is -0.851. The van der Waals surface area contributed by atoms with Crippen LogP contribution in [-0.2, 0) is 16.1 Å². The summed E-state index contributed by atoms with van der Waals surface area (Å²) in [6.45, 7) is 4.19. The van der Waals surface area contributed by atoms with E-state index in [1.807, 2.05) is 0 Å². The summed E-state index contributed by atoms with van der Waals surface area (Å²) < 4.78 is 5.62. The predicted octanol–water partition coefficient (Wildman–Crippen LogP) is 0.331. The minimum absolute atomic E-state index is 0.0302. The molecule has 1 aromatic heterocycles. The Labute approximate surface area is 102 Å². The van der Waals surface area contributed by atoms with Crippen LogP contribution in [0.1, 0.15) is 18.3 Å². The van der Waals surface area contributed by atoms with Gasteiger partial charge in [-0.25, -0.2) is 4.79 Å². The van der Waals surface area contributed by atoms with Crippen LogP contribution in [0.25, 0.3) is 0 Å². The molecule has 0 saturated carbocycles. The van der Waals surface area contributed by atoms with Crippen molar-refractivity contribution in [3.05, 3.63) is 32.0 Å². The van der Waals surface area contributed by atoms with Gasteiger partial charge >= 0.3 is 17.3 Å². The summed E-state index contributed by atoms with van der Waals surface area (Å²) in [7, 11) is 0. The molecule has 0 fully saturated rings. The van der Waals surface area contributed by atoms with Gasteiger partial charge in [0.15, 0.2) is 0 Å². The van der Waals surface area contributed by atoms with E-state index in [0.717, 1.165) is 4.57 Å². The third-order valence-electron chi connectivity index (χ3n) is 2.36. The molecule has 0 aliphatic rings. The normalized spacial score (nSPS) is 10.2. The van der Waals surface area contributed by atoms with Crippen LogP contribution in [0.3, 0.4) is 0 Å². The fourth-order valence-corrected chi connectivity index (χ4v) is 1.58. The molecular formula is C10H13N3O5. The lowest BCUT2D eigenvalue weighted by Crippen LogP contribution is -2.30. The van der Waals surface area contributed by atoms with Crippen LogP contribution in [0.15, 0.2) is 4.79 Å². The molecule has 1 aromatic rings. The summed E-state index contributed by atoms with van der Waals surface area (Å²) in [4.78, 5) is 36.7. The van der Waals surface area contributed by atoms with E-state index >= 15 is 0 Å². The fourth-order valence-electron chi connectivity index (χ4n) is 1.58. The molecule has 0 N–H and O–H groups in total. The Balaban J connectivity index is 3.28. The van der Waals surface area contributed by atoms with Crippen LogP contribution >= 0.6 is 0 Å². The van der Waals surface area contributed by atoms with Crippen LogP contribution in [0.4, 0.5) is 5.69 Å². The molecule has 0 bridgehead atoms. The minimum atomic E-state index is -0.705. The SMILES string of the molecule is CCOC(=O)Cn1c(C)c([N+](=O)[O-])c(C)nc1=O. The molecule has 0 atom stereocenters. The molecule has 0 spiro atoms. The topological polar surface area (TPSA) is 104 Å². The summed E-state index contributed by atoms with van der Waals surface area (Å²) in [6, 6.07) is 0. The summed E-state index contributed by atoms with van der Waals surface area (Å²) in [5.74, 6) is -0.636. The minimum Gasteiger partial charge on any atom is -0.465 e. The van der Waals surface area contributed by atoms with Crippen LogP contribution in [0, 0.1) is 24.0 Å². The number of carbonyl (C=O) groups is 1. The average Bonchev–Trinajstić information content (AvgIpc) is 2.23. The number of aryl methyl sites for hydroxylation is 1. The van der Waals surface area contributed by atoms with Crippen molar-refractivity contribution in [3.63, 3.8) is 0 Å². The molecule has 0 unspecified atom stereocenters. The van der Waals surface area contributed by atoms with Crippen molar-refractivity contribution < 1.29 is 14.5 Å². The second-order valence-electron chi connectivity index (χ2n) is 3.56. The number of hydrogen-bond acceptors (Lipinski definition) is 6. The quantitative estimate of drug-likeness (QED) is 0.436. The molecule has 8 heteroatoms. The monoisotopic (exact) mass is 255 g/mol. The van der Waals surface area contributed by atoms with E-state index in [-0.39, 0.29) is 30.2 Å². The molecule has 0 aromatic carbocycles. The Hall–Kier alpha value is -2.25. The van der Waals surface area contributed by atoms with Gasteiger partial charge in [0.05, 0.1) is 17.2 Å². The molecule has 98 valence electrons. The summed E-state index contributed by atoms with van der Waals surface area (Å²) in [5, 5.41) is 10.9. The predicted molar refractivity (Wildman–Crippen MR) is 61.3 cm³/mol. The molecule has 0 amide bonds. The number of rotatable bonds is 4. The maximum absolute atomic E-state index is 11.6. The number of ether oxygens (including phenoxy) is 1. The first-order valence-electron chi connectivity index (χ1n) is 5.26. The van der Waals surface area contributed by atoms with Crippen LogP contribution in [-0.4, -0.2) is 27.1 Å². The Morgan fingerprint density at radius 3 is 2.61 bits per heavy atom. The largest absolute Gasteiger partial charge is 0.465 e. The average molecular weight is 255 g/mol. The van der Waals surface area contributed by atoms with Crippen molar-refractivity contribution in [3.8, 4) is 0 Å². The van der Waals surface area contributed by atoms with Crippen LogP contribution < -0.4 is 5.69 Å². The highest BCUT2D eigenvalue weighted by Crippen LogP contribution is 2.18. The van der Waals surface area contributed by atoms with Gasteiger partial charge in [0.25, 0.3) is 0 Å². The summed E-state index contributed by atoms with van der Waals surface area (Å²) in [6.07, 6.45) is 0. The molecule has 0 saturated heterocycles. The highest BCUT2D eigenvalue weighted by Gasteiger charge is 2.22. The number of nitrogens with zero attached hydrogens (tertiary/aromatic N) is 3. The van der Waals surface area contributed by atoms with Gasteiger partial charge in [-0.05, 0) is 20.8 Å². The second kappa shape index (κ2) is 5.39. The Morgan fingerprint density at radius 1 is 1.50 bits per heavy atom. The lowest BCUT2D eigenvalue weighted by molar-refractivity contribution is -0.386. The number of esters is 1. The first-order valence-corrected chi connectivity index (χ1v) is 5.26. The van der Waals surface area contributed by atoms with Crippen molar-refractivity contribution in [2.75, 3.05) is 6.61 Å². The zero-order chi connectivity index (χ0) is 13.9. The van der Waals surface area contributed by atoms with Gasteiger partial charge in [0.1, 0.15) is 12.2 Å². The molecule has 1 rings (SSSR count). The van der Waals surface area contributed by atoms with Crippen LogP contribution in [0.5, 0.6) is 0 Å². The Kier molecular flexibility index (Phi) is 4.13. The van der Waals surface area contributed by atoms with Crippen molar-refractivity contribution in [2.45, 2.75) is 27.3 Å². The lowest BCUT2D eigenvalue weighted by Gasteiger charge is -2.09. The molecule has 0 aliphatic heterocycles. The van der Waals surface area contributed by atoms with Gasteiger partial charge in [0, 0.05) is 0 Å². The van der Waals surface area contributed by atoms with Gasteiger partial charge in [-0.1, -0.05) is 0 Å². The standard InChI is InChI=1S/C10H13N3O5/c1-4-18-8(14)5-12-7(3)9(13(16)17)6(2)11-10(12)15/h4-5H2,1-3H3. The molecule has 0 aliphatic carbocycles. The molecule has 8 nitrogen and oxygen atoms in total. The Bertz CT molecular complexity index is 549. The first kappa shape index (κ1) is 13.8. The highest BCUT2D eigenvalue weighted by atomic mass is 16.6. The second-order valence-corrected chi connectivity index (χ2v) is 3.56. The third-order valence-corrected chi connectivity index (χ3v) is 2.36. The van der Waals surface area contributed by atoms with Gasteiger partial charge in [0.2, 0.25) is 0 Å². The van der Waals surface area contributed by atoms with Gasteiger partial charge in [-0.15, -0.1) is 0 Å². The van der Waals surface area contributed by atoms with Crippen molar-refractivity contribution >= 4 is 11.7 Å². The van der Waals surface area contributed by atoms with Gasteiger partial charge < -0.3 is 4.74 Å². The summed E-state index contributed by atoms with van der Waals surface area (Å²) >= 11 is 0. The number of aromatic nitrogens is 2. The molecular weight excluding hydrogens is 242 g/mol. The maximum Gasteiger partial charge on any atom is 0.348 e. The van der Waals surface area contributed by atoms with Crippen LogP contribution in [0.2, 0.25) is 0 Å². The van der Waals surface area contributed by atoms with Crippen molar-refractivity contribution in [2.24, 2.45) is 0 Å². The van der Waals surface area contributed by atoms with E-state index in [1.165, 1.54) is 13.8 Å². The smallest absolute Gasteiger partial charge is 0.348 e. The van der Waals surface area contributed by atoms with Gasteiger partial charge in [-0.2, -0.15) is 4.98 Å². The van der Waals surface area contributed by atoms with E-state index in [1.54, 1.807) is 6.92 Å². The van der Waals surface area contributed by atoms with Gasteiger partial charge in [-0.3, -0.25) is 19.5 Å². The molecule has 0 radical (unpaired) electrons. The number of carbonyl (C=O) groups excluding carboxylic acids is 1. The number of nitro groups is 1. The Morgan fingerprint density at radius 2 is 2.11 bits per heavy atom. The van der Waals surface area contributed by atoms with Crippen molar-refractivity contribution in [1.82, 2.24) is 9.55 Å². The first-order chi connectivity index (χ1) is 8.38. The zero-order valence-corrected chi connectivity index (χ0v) is 10.3. The van der Waals surface area contributed by atoms with Crippen molar-refractivity contribution in [1.29, 1.82) is 0 Å². The fraction of sp³-hybridized carbons (Fsp3) is 0.500. The third kappa shape index (κ3) is 2.70. The number of hydrogen-bond donors (Lipinski definition) is 0. The van der Waals surface area contributed by atoms with E-state index in [4.69, 9.17) is 4.74 Å².